The van der Waals surface area contributed by atoms with Crippen LogP contribution in [0.5, 0.6) is 5.75 Å². The van der Waals surface area contributed by atoms with Crippen LogP contribution in [0.4, 0.5) is 0 Å². The first-order valence-electron chi connectivity index (χ1n) is 4.88. The zero-order valence-electron chi connectivity index (χ0n) is 9.28. The van der Waals surface area contributed by atoms with Gasteiger partial charge in [-0.2, -0.15) is 0 Å². The van der Waals surface area contributed by atoms with Crippen molar-refractivity contribution in [1.29, 1.82) is 5.41 Å². The van der Waals surface area contributed by atoms with Gasteiger partial charge in [-0.25, -0.2) is 0 Å². The van der Waals surface area contributed by atoms with Crippen molar-refractivity contribution in [3.05, 3.63) is 28.2 Å². The first kappa shape index (κ1) is 11.5. The van der Waals surface area contributed by atoms with Gasteiger partial charge in [0.2, 0.25) is 0 Å². The van der Waals surface area contributed by atoms with Gasteiger partial charge in [-0.1, -0.05) is 13.8 Å². The number of ether oxygens (including phenoxy) is 1. The van der Waals surface area contributed by atoms with E-state index in [9.17, 15) is 4.79 Å². The lowest BCUT2D eigenvalue weighted by molar-refractivity contribution is 0.409. The largest absolute Gasteiger partial charge is 0.496 e. The zero-order valence-corrected chi connectivity index (χ0v) is 9.28. The van der Waals surface area contributed by atoms with Gasteiger partial charge < -0.3 is 14.7 Å². The molecular formula is C11H16N2O2. The molecule has 0 spiro atoms. The lowest BCUT2D eigenvalue weighted by Crippen LogP contribution is -2.25. The van der Waals surface area contributed by atoms with Gasteiger partial charge in [0.05, 0.1) is 12.7 Å². The predicted molar refractivity (Wildman–Crippen MR) is 60.0 cm³/mol. The highest BCUT2D eigenvalue weighted by Crippen LogP contribution is 2.11. The number of methoxy groups -OCH3 is 1. The third-order valence-electron chi connectivity index (χ3n) is 2.09. The van der Waals surface area contributed by atoms with Gasteiger partial charge in [0.15, 0.2) is 0 Å². The number of nitrogens with zero attached hydrogens (tertiary/aromatic N) is 1. The van der Waals surface area contributed by atoms with E-state index in [0.29, 0.717) is 23.8 Å². The van der Waals surface area contributed by atoms with E-state index in [0.717, 1.165) is 6.21 Å². The van der Waals surface area contributed by atoms with Crippen LogP contribution in [0.15, 0.2) is 17.1 Å². The van der Waals surface area contributed by atoms with Crippen LogP contribution >= 0.6 is 0 Å². The number of pyridine rings is 1. The summed E-state index contributed by atoms with van der Waals surface area (Å²) in [5, 5.41) is 7.19. The minimum absolute atomic E-state index is 0.168. The lowest BCUT2D eigenvalue weighted by Gasteiger charge is -2.11. The Morgan fingerprint density at radius 3 is 2.73 bits per heavy atom. The van der Waals surface area contributed by atoms with E-state index < -0.39 is 0 Å². The Kier molecular flexibility index (Phi) is 3.66. The maximum atomic E-state index is 11.8. The van der Waals surface area contributed by atoms with Crippen molar-refractivity contribution < 1.29 is 4.74 Å². The topological polar surface area (TPSA) is 55.1 Å². The minimum Gasteiger partial charge on any atom is -0.496 e. The standard InChI is InChI=1S/C11H16N2O2/c1-8(2)7-13-5-4-10(15-3)9(6-12)11(13)14/h4-6,8,12H,7H2,1-3H3. The van der Waals surface area contributed by atoms with Gasteiger partial charge in [-0.3, -0.25) is 4.79 Å². The zero-order chi connectivity index (χ0) is 11.4. The van der Waals surface area contributed by atoms with Crippen molar-refractivity contribution >= 4 is 6.21 Å². The van der Waals surface area contributed by atoms with E-state index in [-0.39, 0.29) is 5.56 Å². The van der Waals surface area contributed by atoms with E-state index >= 15 is 0 Å². The SMILES string of the molecule is COc1ccn(CC(C)C)c(=O)c1C=N. The molecule has 0 aliphatic rings. The summed E-state index contributed by atoms with van der Waals surface area (Å²) in [5.41, 5.74) is 0.138. The van der Waals surface area contributed by atoms with Crippen LogP contribution in [0, 0.1) is 11.3 Å². The average Bonchev–Trinajstić information content (AvgIpc) is 2.20. The van der Waals surface area contributed by atoms with Crippen molar-refractivity contribution in [3.8, 4) is 5.75 Å². The Hall–Kier alpha value is -1.58. The summed E-state index contributed by atoms with van der Waals surface area (Å²) in [6.45, 7) is 4.74. The van der Waals surface area contributed by atoms with Crippen LogP contribution in [0.2, 0.25) is 0 Å². The highest BCUT2D eigenvalue weighted by atomic mass is 16.5. The number of hydrogen-bond acceptors (Lipinski definition) is 3. The van der Waals surface area contributed by atoms with Crippen LogP contribution < -0.4 is 10.3 Å². The molecule has 0 bridgehead atoms. The number of nitrogens with one attached hydrogen (secondary N) is 1. The summed E-state index contributed by atoms with van der Waals surface area (Å²) in [6.07, 6.45) is 2.74. The molecule has 0 fully saturated rings. The van der Waals surface area contributed by atoms with E-state index in [1.165, 1.54) is 7.11 Å². The van der Waals surface area contributed by atoms with Crippen molar-refractivity contribution in [2.45, 2.75) is 20.4 Å². The molecule has 82 valence electrons. The minimum atomic E-state index is -0.168. The van der Waals surface area contributed by atoms with E-state index in [4.69, 9.17) is 10.1 Å². The maximum absolute atomic E-state index is 11.8. The molecule has 1 rings (SSSR count). The summed E-state index contributed by atoms with van der Waals surface area (Å²) in [7, 11) is 1.49. The summed E-state index contributed by atoms with van der Waals surface area (Å²) < 4.78 is 6.62. The third-order valence-corrected chi connectivity index (χ3v) is 2.09. The van der Waals surface area contributed by atoms with Crippen LogP contribution in [0.3, 0.4) is 0 Å². The molecule has 0 aliphatic carbocycles. The molecule has 0 radical (unpaired) electrons. The fourth-order valence-corrected chi connectivity index (χ4v) is 1.42. The number of rotatable bonds is 4. The first-order valence-corrected chi connectivity index (χ1v) is 4.88. The van der Waals surface area contributed by atoms with E-state index in [1.807, 2.05) is 13.8 Å². The number of hydrogen-bond donors (Lipinski definition) is 1. The van der Waals surface area contributed by atoms with Crippen molar-refractivity contribution in [1.82, 2.24) is 4.57 Å². The van der Waals surface area contributed by atoms with Gasteiger partial charge in [-0.05, 0) is 12.0 Å². The highest BCUT2D eigenvalue weighted by molar-refractivity contribution is 5.80. The van der Waals surface area contributed by atoms with Crippen LogP contribution in [-0.4, -0.2) is 17.9 Å². The van der Waals surface area contributed by atoms with Gasteiger partial charge in [0.25, 0.3) is 5.56 Å². The van der Waals surface area contributed by atoms with E-state index in [1.54, 1.807) is 16.8 Å². The Morgan fingerprint density at radius 1 is 1.60 bits per heavy atom. The molecule has 15 heavy (non-hydrogen) atoms. The molecule has 1 aromatic heterocycles. The van der Waals surface area contributed by atoms with Gasteiger partial charge in [0.1, 0.15) is 5.75 Å². The van der Waals surface area contributed by atoms with Crippen LogP contribution in [0.25, 0.3) is 0 Å². The Bertz CT molecular complexity index is 408. The maximum Gasteiger partial charge on any atom is 0.263 e. The summed E-state index contributed by atoms with van der Waals surface area (Å²) >= 11 is 0. The average molecular weight is 208 g/mol. The van der Waals surface area contributed by atoms with Crippen molar-refractivity contribution in [2.75, 3.05) is 7.11 Å². The quantitative estimate of drug-likeness (QED) is 0.762. The molecule has 1 N–H and O–H groups in total. The summed E-state index contributed by atoms with van der Waals surface area (Å²) in [6, 6.07) is 1.71. The fraction of sp³-hybridized carbons (Fsp3) is 0.455. The van der Waals surface area contributed by atoms with Gasteiger partial charge in [0, 0.05) is 19.0 Å². The highest BCUT2D eigenvalue weighted by Gasteiger charge is 2.08. The fourth-order valence-electron chi connectivity index (χ4n) is 1.42. The van der Waals surface area contributed by atoms with Crippen LogP contribution in [-0.2, 0) is 6.54 Å². The first-order chi connectivity index (χ1) is 7.10. The molecule has 4 nitrogen and oxygen atoms in total. The molecule has 1 heterocycles. The number of aromatic nitrogens is 1. The molecule has 0 saturated carbocycles. The predicted octanol–water partition coefficient (Wildman–Crippen LogP) is 1.51. The van der Waals surface area contributed by atoms with E-state index in [2.05, 4.69) is 0 Å². The van der Waals surface area contributed by atoms with Crippen molar-refractivity contribution in [3.63, 3.8) is 0 Å². The van der Waals surface area contributed by atoms with Crippen LogP contribution in [0.1, 0.15) is 19.4 Å². The second kappa shape index (κ2) is 4.77. The van der Waals surface area contributed by atoms with Gasteiger partial charge >= 0.3 is 0 Å². The summed E-state index contributed by atoms with van der Waals surface area (Å²) in [5.74, 6) is 0.852. The molecule has 0 unspecified atom stereocenters. The second-order valence-corrected chi connectivity index (χ2v) is 3.79. The molecule has 0 aromatic carbocycles. The Morgan fingerprint density at radius 2 is 2.27 bits per heavy atom. The van der Waals surface area contributed by atoms with Crippen molar-refractivity contribution in [2.24, 2.45) is 5.92 Å². The third kappa shape index (κ3) is 2.46. The monoisotopic (exact) mass is 208 g/mol. The Labute approximate surface area is 89.0 Å². The summed E-state index contributed by atoms with van der Waals surface area (Å²) in [4.78, 5) is 11.8. The molecule has 4 heteroatoms. The molecule has 0 saturated heterocycles. The molecule has 0 amide bonds. The van der Waals surface area contributed by atoms with Gasteiger partial charge in [-0.15, -0.1) is 0 Å². The molecule has 0 atom stereocenters. The molecule has 1 aromatic rings. The molecular weight excluding hydrogens is 192 g/mol. The molecule has 0 aliphatic heterocycles. The lowest BCUT2D eigenvalue weighted by atomic mass is 10.2. The normalized spacial score (nSPS) is 10.4. The smallest absolute Gasteiger partial charge is 0.263 e. The second-order valence-electron chi connectivity index (χ2n) is 3.79. The Balaban J connectivity index is 3.23.